The summed E-state index contributed by atoms with van der Waals surface area (Å²) in [5.41, 5.74) is 2.26. The van der Waals surface area contributed by atoms with Crippen LogP contribution in [0.15, 0.2) is 29.5 Å². The molecule has 0 amide bonds. The standard InChI is InChI=1S/C15H14N4OS/c20-10-4-5-16-9(6-10)7-17-14-13-11-2-1-3-12(11)21-15(13)19-8-18-14/h4-6,8H,1-3,7H2,(H,16,20)(H,17,18,19). The van der Waals surface area contributed by atoms with Crippen molar-refractivity contribution in [2.45, 2.75) is 25.8 Å². The topological polar surface area (TPSA) is 70.7 Å². The fourth-order valence-electron chi connectivity index (χ4n) is 2.84. The van der Waals surface area contributed by atoms with Crippen molar-refractivity contribution in [3.8, 4) is 0 Å². The summed E-state index contributed by atoms with van der Waals surface area (Å²) in [4.78, 5) is 25.7. The molecular formula is C15H14N4OS. The third kappa shape index (κ3) is 2.21. The molecule has 2 N–H and O–H groups in total. The molecule has 0 spiro atoms. The van der Waals surface area contributed by atoms with E-state index in [9.17, 15) is 4.79 Å². The van der Waals surface area contributed by atoms with Crippen LogP contribution in [0.4, 0.5) is 5.82 Å². The molecule has 3 aromatic heterocycles. The average molecular weight is 298 g/mol. The zero-order valence-corrected chi connectivity index (χ0v) is 12.2. The summed E-state index contributed by atoms with van der Waals surface area (Å²) in [5, 5.41) is 4.49. The molecule has 0 saturated carbocycles. The Labute approximate surface area is 125 Å². The highest BCUT2D eigenvalue weighted by Crippen LogP contribution is 2.38. The van der Waals surface area contributed by atoms with Crippen molar-refractivity contribution in [2.75, 3.05) is 5.32 Å². The number of hydrogen-bond acceptors (Lipinski definition) is 5. The highest BCUT2D eigenvalue weighted by atomic mass is 32.1. The molecule has 5 nitrogen and oxygen atoms in total. The molecule has 0 aromatic carbocycles. The van der Waals surface area contributed by atoms with Crippen LogP contribution in [-0.4, -0.2) is 15.0 Å². The maximum atomic E-state index is 11.4. The van der Waals surface area contributed by atoms with E-state index in [-0.39, 0.29) is 5.43 Å². The van der Waals surface area contributed by atoms with E-state index in [0.29, 0.717) is 6.54 Å². The first kappa shape index (κ1) is 12.5. The Kier molecular flexibility index (Phi) is 2.96. The lowest BCUT2D eigenvalue weighted by Crippen LogP contribution is -2.07. The minimum absolute atomic E-state index is 0.00908. The molecule has 0 radical (unpaired) electrons. The van der Waals surface area contributed by atoms with E-state index in [1.807, 2.05) is 0 Å². The van der Waals surface area contributed by atoms with Crippen LogP contribution < -0.4 is 10.7 Å². The molecule has 0 unspecified atom stereocenters. The van der Waals surface area contributed by atoms with Gasteiger partial charge in [-0.15, -0.1) is 11.3 Å². The molecule has 21 heavy (non-hydrogen) atoms. The molecule has 3 aromatic rings. The van der Waals surface area contributed by atoms with Gasteiger partial charge < -0.3 is 10.3 Å². The molecule has 0 bridgehead atoms. The van der Waals surface area contributed by atoms with Crippen molar-refractivity contribution < 1.29 is 0 Å². The van der Waals surface area contributed by atoms with Gasteiger partial charge in [0.1, 0.15) is 17.0 Å². The minimum Gasteiger partial charge on any atom is -0.364 e. The summed E-state index contributed by atoms with van der Waals surface area (Å²) in [6.07, 6.45) is 6.75. The van der Waals surface area contributed by atoms with E-state index in [4.69, 9.17) is 0 Å². The average Bonchev–Trinajstić information content (AvgIpc) is 3.05. The van der Waals surface area contributed by atoms with Gasteiger partial charge in [0.15, 0.2) is 5.43 Å². The molecular weight excluding hydrogens is 284 g/mol. The van der Waals surface area contributed by atoms with Crippen LogP contribution >= 0.6 is 11.3 Å². The smallest absolute Gasteiger partial charge is 0.181 e. The van der Waals surface area contributed by atoms with Crippen LogP contribution in [0.2, 0.25) is 0 Å². The van der Waals surface area contributed by atoms with E-state index in [1.165, 1.54) is 22.9 Å². The summed E-state index contributed by atoms with van der Waals surface area (Å²) in [7, 11) is 0. The number of rotatable bonds is 3. The SMILES string of the molecule is O=c1cc[nH]c(CNc2ncnc3sc4c(c23)CCC4)c1. The maximum absolute atomic E-state index is 11.4. The number of aryl methyl sites for hydroxylation is 2. The lowest BCUT2D eigenvalue weighted by Gasteiger charge is -2.07. The molecule has 4 rings (SSSR count). The number of anilines is 1. The maximum Gasteiger partial charge on any atom is 0.181 e. The number of fused-ring (bicyclic) bond motifs is 3. The monoisotopic (exact) mass is 298 g/mol. The van der Waals surface area contributed by atoms with Gasteiger partial charge in [0, 0.05) is 28.9 Å². The van der Waals surface area contributed by atoms with Crippen molar-refractivity contribution >= 4 is 27.4 Å². The van der Waals surface area contributed by atoms with Gasteiger partial charge in [-0.3, -0.25) is 4.79 Å². The largest absolute Gasteiger partial charge is 0.364 e. The van der Waals surface area contributed by atoms with Gasteiger partial charge in [-0.1, -0.05) is 0 Å². The predicted molar refractivity (Wildman–Crippen MR) is 83.8 cm³/mol. The van der Waals surface area contributed by atoms with Crippen LogP contribution in [0.5, 0.6) is 0 Å². The highest BCUT2D eigenvalue weighted by Gasteiger charge is 2.20. The second-order valence-electron chi connectivity index (χ2n) is 5.16. The van der Waals surface area contributed by atoms with Gasteiger partial charge in [0.05, 0.1) is 11.9 Å². The van der Waals surface area contributed by atoms with Crippen LogP contribution in [-0.2, 0) is 19.4 Å². The van der Waals surface area contributed by atoms with E-state index in [1.54, 1.807) is 29.9 Å². The number of H-pyrrole nitrogens is 1. The molecule has 3 heterocycles. The summed E-state index contributed by atoms with van der Waals surface area (Å²) >= 11 is 1.78. The van der Waals surface area contributed by atoms with E-state index >= 15 is 0 Å². The number of aromatic nitrogens is 3. The second-order valence-corrected chi connectivity index (χ2v) is 6.25. The Morgan fingerprint density at radius 3 is 3.19 bits per heavy atom. The Bertz CT molecular complexity index is 867. The first-order chi connectivity index (χ1) is 10.3. The minimum atomic E-state index is 0.00908. The summed E-state index contributed by atoms with van der Waals surface area (Å²) in [6, 6.07) is 3.11. The second kappa shape index (κ2) is 4.96. The number of hydrogen-bond donors (Lipinski definition) is 2. The Morgan fingerprint density at radius 1 is 1.33 bits per heavy atom. The fraction of sp³-hybridized carbons (Fsp3) is 0.267. The number of aromatic amines is 1. The molecule has 0 saturated heterocycles. The van der Waals surface area contributed by atoms with Crippen molar-refractivity contribution in [3.63, 3.8) is 0 Å². The van der Waals surface area contributed by atoms with Gasteiger partial charge in [0.2, 0.25) is 0 Å². The first-order valence-corrected chi connectivity index (χ1v) is 7.79. The van der Waals surface area contributed by atoms with Crippen molar-refractivity contribution in [2.24, 2.45) is 0 Å². The van der Waals surface area contributed by atoms with Crippen molar-refractivity contribution in [1.82, 2.24) is 15.0 Å². The van der Waals surface area contributed by atoms with Gasteiger partial charge in [-0.2, -0.15) is 0 Å². The third-order valence-corrected chi connectivity index (χ3v) is 4.98. The number of pyridine rings is 1. The number of thiophene rings is 1. The Morgan fingerprint density at radius 2 is 2.29 bits per heavy atom. The quantitative estimate of drug-likeness (QED) is 0.779. The molecule has 106 valence electrons. The lowest BCUT2D eigenvalue weighted by atomic mass is 10.2. The normalized spacial score (nSPS) is 13.5. The van der Waals surface area contributed by atoms with Gasteiger partial charge in [0.25, 0.3) is 0 Å². The Balaban J connectivity index is 1.69. The summed E-state index contributed by atoms with van der Waals surface area (Å²) < 4.78 is 0. The zero-order valence-electron chi connectivity index (χ0n) is 11.3. The van der Waals surface area contributed by atoms with Crippen LogP contribution in [0.1, 0.15) is 22.6 Å². The molecule has 1 aliphatic carbocycles. The van der Waals surface area contributed by atoms with E-state index in [0.717, 1.165) is 34.6 Å². The molecule has 0 aliphatic heterocycles. The van der Waals surface area contributed by atoms with E-state index in [2.05, 4.69) is 20.3 Å². The van der Waals surface area contributed by atoms with Gasteiger partial charge >= 0.3 is 0 Å². The fourth-order valence-corrected chi connectivity index (χ4v) is 4.06. The molecule has 1 aliphatic rings. The van der Waals surface area contributed by atoms with Gasteiger partial charge in [-0.05, 0) is 24.8 Å². The third-order valence-electron chi connectivity index (χ3n) is 3.78. The van der Waals surface area contributed by atoms with Crippen molar-refractivity contribution in [1.29, 1.82) is 0 Å². The molecule has 6 heteroatoms. The van der Waals surface area contributed by atoms with Gasteiger partial charge in [-0.25, -0.2) is 9.97 Å². The van der Waals surface area contributed by atoms with Crippen molar-refractivity contribution in [3.05, 3.63) is 51.0 Å². The van der Waals surface area contributed by atoms with Crippen LogP contribution in [0, 0.1) is 0 Å². The zero-order chi connectivity index (χ0) is 14.2. The van der Waals surface area contributed by atoms with E-state index < -0.39 is 0 Å². The predicted octanol–water partition coefficient (Wildman–Crippen LogP) is 2.48. The number of nitrogens with one attached hydrogen (secondary N) is 2. The van der Waals surface area contributed by atoms with Crippen LogP contribution in [0.25, 0.3) is 10.2 Å². The molecule has 0 atom stereocenters. The molecule has 0 fully saturated rings. The highest BCUT2D eigenvalue weighted by molar-refractivity contribution is 7.19. The van der Waals surface area contributed by atoms with Crippen LogP contribution in [0.3, 0.4) is 0 Å². The lowest BCUT2D eigenvalue weighted by molar-refractivity contribution is 0.917. The summed E-state index contributed by atoms with van der Waals surface area (Å²) in [5.74, 6) is 0.865. The first-order valence-electron chi connectivity index (χ1n) is 6.98. The Hall–Kier alpha value is -2.21. The summed E-state index contributed by atoms with van der Waals surface area (Å²) in [6.45, 7) is 0.548. The number of nitrogens with zero attached hydrogens (tertiary/aromatic N) is 2.